The van der Waals surface area contributed by atoms with Crippen molar-refractivity contribution in [2.24, 2.45) is 0 Å². The van der Waals surface area contributed by atoms with Crippen LogP contribution < -0.4 is 22.5 Å². The van der Waals surface area contributed by atoms with Gasteiger partial charge in [-0.05, 0) is 12.5 Å². The molecule has 108 valence electrons. The van der Waals surface area contributed by atoms with Gasteiger partial charge in [0.2, 0.25) is 0 Å². The number of H-pyrrole nitrogens is 3. The van der Waals surface area contributed by atoms with Crippen LogP contribution in [0.5, 0.6) is 0 Å². The molecule has 1 aromatic rings. The van der Waals surface area contributed by atoms with Gasteiger partial charge in [-0.1, -0.05) is 6.92 Å². The summed E-state index contributed by atoms with van der Waals surface area (Å²) in [4.78, 5) is 57.1. The van der Waals surface area contributed by atoms with Crippen LogP contribution in [0.1, 0.15) is 13.3 Å². The van der Waals surface area contributed by atoms with Gasteiger partial charge in [-0.15, -0.1) is 0 Å². The molecule has 0 spiro atoms. The molecule has 9 nitrogen and oxygen atoms in total. The fourth-order valence-electron chi connectivity index (χ4n) is 2.31. The third-order valence-corrected chi connectivity index (χ3v) is 3.13. The quantitative estimate of drug-likeness (QED) is 0.519. The molecule has 0 aliphatic carbocycles. The summed E-state index contributed by atoms with van der Waals surface area (Å²) < 4.78 is 1.50. The van der Waals surface area contributed by atoms with Gasteiger partial charge in [0.15, 0.2) is 5.82 Å². The lowest BCUT2D eigenvalue weighted by molar-refractivity contribution is 0.680. The van der Waals surface area contributed by atoms with Crippen molar-refractivity contribution < 1.29 is 0 Å². The Balaban J connectivity index is 2.66. The molecular weight excluding hydrogens is 278 g/mol. The van der Waals surface area contributed by atoms with Crippen LogP contribution in [-0.4, -0.2) is 24.5 Å². The normalized spacial score (nSPS) is 11.3. The van der Waals surface area contributed by atoms with E-state index in [0.717, 1.165) is 0 Å². The van der Waals surface area contributed by atoms with Crippen molar-refractivity contribution in [2.45, 2.75) is 19.9 Å². The summed E-state index contributed by atoms with van der Waals surface area (Å²) in [5, 5.41) is 0.154. The van der Waals surface area contributed by atoms with Gasteiger partial charge >= 0.3 is 11.4 Å². The van der Waals surface area contributed by atoms with Crippen molar-refractivity contribution in [3.8, 4) is 11.4 Å². The smallest absolute Gasteiger partial charge is 0.311 e. The van der Waals surface area contributed by atoms with Crippen LogP contribution in [0.4, 0.5) is 0 Å². The van der Waals surface area contributed by atoms with E-state index in [1.54, 1.807) is 0 Å². The second-order valence-electron chi connectivity index (χ2n) is 4.57. The third-order valence-electron chi connectivity index (χ3n) is 3.13. The van der Waals surface area contributed by atoms with E-state index in [-0.39, 0.29) is 22.4 Å². The first-order valence-corrected chi connectivity index (χ1v) is 6.31. The molecule has 2 aliphatic heterocycles. The molecule has 2 aliphatic rings. The third kappa shape index (κ3) is 1.98. The topological polar surface area (TPSA) is 133 Å². The Hall–Kier alpha value is -2.97. The number of aryl methyl sites for hydroxylation is 1. The maximum absolute atomic E-state index is 11.9. The Kier molecular flexibility index (Phi) is 2.82. The molecule has 0 bridgehead atoms. The monoisotopic (exact) mass is 289 g/mol. The van der Waals surface area contributed by atoms with Crippen LogP contribution in [-0.2, 0) is 6.54 Å². The van der Waals surface area contributed by atoms with Crippen molar-refractivity contribution in [3.63, 3.8) is 0 Å². The van der Waals surface area contributed by atoms with E-state index in [9.17, 15) is 19.2 Å². The zero-order valence-electron chi connectivity index (χ0n) is 11.0. The molecule has 0 aromatic carbocycles. The number of hydrogen-bond acceptors (Lipinski definition) is 5. The average Bonchev–Trinajstić information content (AvgIpc) is 2.40. The maximum Gasteiger partial charge on any atom is 0.349 e. The Morgan fingerprint density at radius 1 is 1.10 bits per heavy atom. The fourth-order valence-corrected chi connectivity index (χ4v) is 2.31. The maximum atomic E-state index is 11.9. The SMILES string of the molecule is CCCn1c2nc(=O)[nH]c(=O)c-2cc2c(=O)[nH]c(=O)[nH]c21. The van der Waals surface area contributed by atoms with Gasteiger partial charge in [0.25, 0.3) is 11.1 Å². The highest BCUT2D eigenvalue weighted by atomic mass is 16.2. The molecule has 0 unspecified atom stereocenters. The number of nitrogens with zero attached hydrogens (tertiary/aromatic N) is 2. The summed E-state index contributed by atoms with van der Waals surface area (Å²) in [6.45, 7) is 2.28. The molecule has 0 atom stereocenters. The van der Waals surface area contributed by atoms with Gasteiger partial charge in [-0.3, -0.25) is 24.5 Å². The van der Waals surface area contributed by atoms with E-state index in [0.29, 0.717) is 13.0 Å². The summed E-state index contributed by atoms with van der Waals surface area (Å²) in [6, 6.07) is 1.32. The van der Waals surface area contributed by atoms with Crippen molar-refractivity contribution in [1.29, 1.82) is 0 Å². The average molecular weight is 289 g/mol. The lowest BCUT2D eigenvalue weighted by Crippen LogP contribution is -2.30. The minimum atomic E-state index is -0.774. The van der Waals surface area contributed by atoms with E-state index in [2.05, 4.69) is 19.9 Å². The highest BCUT2D eigenvalue weighted by Gasteiger charge is 2.18. The predicted octanol–water partition coefficient (Wildman–Crippen LogP) is -1.02. The van der Waals surface area contributed by atoms with Crippen LogP contribution in [0.25, 0.3) is 22.4 Å². The number of aromatic amines is 3. The summed E-state index contributed by atoms with van der Waals surface area (Å²) >= 11 is 0. The van der Waals surface area contributed by atoms with Gasteiger partial charge in [0.1, 0.15) is 5.65 Å². The van der Waals surface area contributed by atoms with Gasteiger partial charge in [0, 0.05) is 6.54 Å². The number of pyridine rings is 1. The molecule has 0 fully saturated rings. The molecule has 0 radical (unpaired) electrons. The predicted molar refractivity (Wildman–Crippen MR) is 74.8 cm³/mol. The molecule has 21 heavy (non-hydrogen) atoms. The molecule has 0 saturated heterocycles. The van der Waals surface area contributed by atoms with Crippen LogP contribution in [0.2, 0.25) is 0 Å². The molecule has 1 aromatic heterocycles. The van der Waals surface area contributed by atoms with Crippen molar-refractivity contribution >= 4 is 11.0 Å². The molecular formula is C12H11N5O4. The molecule has 3 rings (SSSR count). The Morgan fingerprint density at radius 2 is 1.86 bits per heavy atom. The second-order valence-corrected chi connectivity index (χ2v) is 4.57. The molecule has 0 amide bonds. The van der Waals surface area contributed by atoms with Crippen molar-refractivity contribution in [3.05, 3.63) is 47.7 Å². The summed E-state index contributed by atoms with van der Waals surface area (Å²) in [5.41, 5.74) is -2.31. The first-order valence-electron chi connectivity index (χ1n) is 6.31. The lowest BCUT2D eigenvalue weighted by atomic mass is 10.2. The zero-order chi connectivity index (χ0) is 15.1. The minimum Gasteiger partial charge on any atom is -0.311 e. The van der Waals surface area contributed by atoms with E-state index in [4.69, 9.17) is 0 Å². The summed E-state index contributed by atoms with van der Waals surface area (Å²) in [5.74, 6) is 0.138. The Labute approximate surface area is 115 Å². The standard InChI is InChI=1S/C12H11N5O4/c1-2-3-17-7-5(9(18)15-11(20)13-7)4-6-8(17)14-12(21)16-10(6)19/h4H,2-3H2,1H3,(H,15,18,20)(H2,14,16,19,21). The number of aromatic nitrogens is 5. The van der Waals surface area contributed by atoms with Gasteiger partial charge in [-0.25, -0.2) is 9.59 Å². The van der Waals surface area contributed by atoms with Crippen LogP contribution in [0, 0.1) is 0 Å². The molecule has 3 heterocycles. The molecule has 3 N–H and O–H groups in total. The number of hydrogen-bond donors (Lipinski definition) is 3. The van der Waals surface area contributed by atoms with E-state index in [1.165, 1.54) is 10.6 Å². The Bertz CT molecular complexity index is 1030. The van der Waals surface area contributed by atoms with Gasteiger partial charge in [0.05, 0.1) is 10.9 Å². The number of rotatable bonds is 2. The fraction of sp³-hybridized carbons (Fsp3) is 0.250. The zero-order valence-corrected chi connectivity index (χ0v) is 11.0. The summed E-state index contributed by atoms with van der Waals surface area (Å²) in [6.07, 6.45) is 0.663. The van der Waals surface area contributed by atoms with Crippen molar-refractivity contribution in [2.75, 3.05) is 0 Å². The number of fused-ring (bicyclic) bond motifs is 2. The highest BCUT2D eigenvalue weighted by Crippen LogP contribution is 2.19. The molecule has 0 saturated carbocycles. The summed E-state index contributed by atoms with van der Waals surface area (Å²) in [7, 11) is 0. The largest absolute Gasteiger partial charge is 0.349 e. The second kappa shape index (κ2) is 4.54. The molecule has 9 heteroatoms. The Morgan fingerprint density at radius 3 is 2.57 bits per heavy atom. The van der Waals surface area contributed by atoms with Crippen LogP contribution >= 0.6 is 0 Å². The lowest BCUT2D eigenvalue weighted by Gasteiger charge is -2.15. The van der Waals surface area contributed by atoms with Crippen LogP contribution in [0.3, 0.4) is 0 Å². The first kappa shape index (κ1) is 13.0. The number of nitrogens with one attached hydrogen (secondary N) is 3. The van der Waals surface area contributed by atoms with E-state index >= 15 is 0 Å². The van der Waals surface area contributed by atoms with Crippen molar-refractivity contribution in [1.82, 2.24) is 24.5 Å². The van der Waals surface area contributed by atoms with Crippen LogP contribution in [0.15, 0.2) is 25.2 Å². The first-order chi connectivity index (χ1) is 10.0. The van der Waals surface area contributed by atoms with Gasteiger partial charge < -0.3 is 4.57 Å². The highest BCUT2D eigenvalue weighted by molar-refractivity contribution is 5.81. The minimum absolute atomic E-state index is 0.119. The van der Waals surface area contributed by atoms with Gasteiger partial charge in [-0.2, -0.15) is 4.98 Å². The van der Waals surface area contributed by atoms with E-state index < -0.39 is 22.5 Å². The van der Waals surface area contributed by atoms with E-state index in [1.807, 2.05) is 6.92 Å².